The smallest absolute Gasteiger partial charge is 0.181 e. The van der Waals surface area contributed by atoms with E-state index in [2.05, 4.69) is 135 Å². The second-order valence-corrected chi connectivity index (χ2v) is 36.6. The van der Waals surface area contributed by atoms with E-state index in [-0.39, 0.29) is 23.3 Å². The van der Waals surface area contributed by atoms with Gasteiger partial charge in [-0.2, -0.15) is 20.4 Å². The number of H-pyrrole nitrogens is 8. The Morgan fingerprint density at radius 1 is 0.292 bits per heavy atom. The van der Waals surface area contributed by atoms with Crippen LogP contribution < -0.4 is 5.73 Å². The summed E-state index contributed by atoms with van der Waals surface area (Å²) in [5.74, 6) is 1.48. The molecule has 0 spiro atoms. The molecule has 0 unspecified atom stereocenters. The number of imidazole rings is 4. The average Bonchev–Trinajstić information content (AvgIpc) is 1.62. The molecule has 0 amide bonds. The number of para-hydroxylation sites is 4. The van der Waals surface area contributed by atoms with Gasteiger partial charge in [0.1, 0.15) is 46.0 Å². The van der Waals surface area contributed by atoms with E-state index in [1.54, 1.807) is 73.6 Å². The molecule has 0 bridgehead atoms. The monoisotopic (exact) mass is 1910 g/mol. The number of rotatable bonds is 20. The summed E-state index contributed by atoms with van der Waals surface area (Å²) in [5, 5.41) is 33.3. The summed E-state index contributed by atoms with van der Waals surface area (Å²) in [4.78, 5) is 77.6. The molecule has 708 valence electrons. The van der Waals surface area contributed by atoms with Crippen molar-refractivity contribution in [1.82, 2.24) is 140 Å². The molecule has 24 aromatic rings. The number of benzene rings is 8. The highest BCUT2D eigenvalue weighted by Crippen LogP contribution is 2.41. The van der Waals surface area contributed by atoms with Gasteiger partial charge in [0, 0.05) is 167 Å². The SMILES string of the molecule is CN(C)Cc1cc(F)cc(-c2cccc3[nH]c(-c4[nH]nc5ncc(-c6cncc(CN7CCC7)c6)cc45)nc23)c1.CN(C)Cc1cc(F)cc(-c2cccc3[nH]c(-c4[nH]nc5ncc(-c6cncc(CN7CCCC7)c6)cc45)nc23)c1.Fc1cccc(-c2cccc3[nH]c(-c4[nH]nc5ncc(-c6cccnc6)cc45)nc23)c1.Nc1cncc(-c2cnc3n[nH]c(-c4nc5c(-c6cccc(F)c6)cccc5[nH]4)c3c2)c1. The lowest BCUT2D eigenvalue weighted by Gasteiger charge is -2.30. The number of nitrogens with one attached hydrogen (secondary N) is 8. The van der Waals surface area contributed by atoms with Crippen molar-refractivity contribution in [3.05, 3.63) is 332 Å². The number of aromatic nitrogens is 24. The van der Waals surface area contributed by atoms with Crippen molar-refractivity contribution in [2.24, 2.45) is 0 Å². The Hall–Kier alpha value is -17.9. The summed E-state index contributed by atoms with van der Waals surface area (Å²) in [6.07, 6.45) is 25.5. The molecule has 0 atom stereocenters. The average molecular weight is 1910 g/mol. The lowest BCUT2D eigenvalue weighted by Crippen LogP contribution is -2.36. The Morgan fingerprint density at radius 2 is 0.611 bits per heavy atom. The molecule has 8 aromatic carbocycles. The van der Waals surface area contributed by atoms with Crippen LogP contribution in [0.5, 0.6) is 0 Å². The standard InChI is InChI=1S/C32H31FN8.C31H29FN8.C24H16FN7.C24H15FN6/c1-40(2)18-20-10-22(13-25(33)12-20)26-6-5-7-28-29(26)37-32(36-28)30-27-14-24(17-35-31(27)39-38-30)23-11-21(15-34-16-23)19-41-8-3-4-9-41;1-39(2)17-19-9-21(12-24(32)11-19)25-5-3-6-27-28(25)36-31(35-27)29-26-13-23(16-34-30(26)38-37-29)22-10-20(14-33-15-22)18-40-7-4-8-40;25-16-4-1-3-13(7-16)18-5-2-6-20-21(18)30-24(29-20)22-19-9-15(11-28-23(19)32-31-22)14-8-17(26)12-27-10-14;25-17-6-1-4-14(10-17)18-7-2-8-20-21(18)29-24(28-20)22-19-11-16(13-27-23(19)31-30-22)15-5-3-9-26-12-15/h5-7,10-17H,3-4,8-9,18-19H2,1-2H3,(H,36,37)(H,35,38,39);3,5-6,9-16H,4,7-8,17-18H2,1-2H3,(H,35,36)(H,34,37,38);1-12H,26H2,(H,29,30)(H,28,31,32);1-13H,(H,28,29)(H,27,30,31). The molecule has 10 N–H and O–H groups in total. The molecule has 0 saturated carbocycles. The van der Waals surface area contributed by atoms with Crippen molar-refractivity contribution in [1.29, 1.82) is 0 Å². The number of nitrogens with two attached hydrogens (primary N) is 1. The van der Waals surface area contributed by atoms with Crippen molar-refractivity contribution < 1.29 is 17.6 Å². The molecule has 0 radical (unpaired) electrons. The largest absolute Gasteiger partial charge is 0.397 e. The molecular weight excluding hydrogens is 1820 g/mol. The van der Waals surface area contributed by atoms with Crippen LogP contribution in [0, 0.1) is 23.3 Å². The van der Waals surface area contributed by atoms with Crippen molar-refractivity contribution in [3.8, 4) is 135 Å². The maximum absolute atomic E-state index is 14.6. The van der Waals surface area contributed by atoms with E-state index in [0.717, 1.165) is 222 Å². The highest BCUT2D eigenvalue weighted by Gasteiger charge is 2.26. The number of anilines is 1. The van der Waals surface area contributed by atoms with Gasteiger partial charge in [-0.05, 0) is 252 Å². The molecule has 33 heteroatoms. The van der Waals surface area contributed by atoms with Gasteiger partial charge in [-0.15, -0.1) is 0 Å². The fraction of sp³-hybridized carbons (Fsp3) is 0.135. The maximum Gasteiger partial charge on any atom is 0.181 e. The van der Waals surface area contributed by atoms with Crippen LogP contribution in [0.3, 0.4) is 0 Å². The van der Waals surface area contributed by atoms with Gasteiger partial charge in [-0.3, -0.25) is 50.1 Å². The van der Waals surface area contributed by atoms with Crippen LogP contribution in [0.4, 0.5) is 23.2 Å². The number of nitrogens with zero attached hydrogens (tertiary/aromatic N) is 20. The van der Waals surface area contributed by atoms with Crippen LogP contribution in [-0.4, -0.2) is 195 Å². The Labute approximate surface area is 819 Å². The molecule has 2 aliphatic heterocycles. The van der Waals surface area contributed by atoms with Gasteiger partial charge in [0.15, 0.2) is 45.9 Å². The third-order valence-electron chi connectivity index (χ3n) is 25.7. The molecule has 29 nitrogen and oxygen atoms in total. The van der Waals surface area contributed by atoms with Crippen LogP contribution in [0.15, 0.2) is 287 Å². The van der Waals surface area contributed by atoms with E-state index < -0.39 is 0 Å². The lowest BCUT2D eigenvalue weighted by atomic mass is 10.0. The minimum Gasteiger partial charge on any atom is -0.397 e. The van der Waals surface area contributed by atoms with Crippen LogP contribution in [0.2, 0.25) is 0 Å². The molecule has 26 rings (SSSR count). The Balaban J connectivity index is 0.000000107. The van der Waals surface area contributed by atoms with E-state index in [0.29, 0.717) is 70.4 Å². The minimum absolute atomic E-state index is 0.260. The first-order chi connectivity index (χ1) is 70.4. The summed E-state index contributed by atoms with van der Waals surface area (Å²) in [7, 11) is 7.89. The fourth-order valence-corrected chi connectivity index (χ4v) is 18.9. The van der Waals surface area contributed by atoms with Crippen LogP contribution >= 0.6 is 0 Å². The maximum atomic E-state index is 14.6. The Morgan fingerprint density at radius 3 is 0.958 bits per heavy atom. The van der Waals surface area contributed by atoms with E-state index in [9.17, 15) is 17.6 Å². The van der Waals surface area contributed by atoms with Crippen molar-refractivity contribution >= 4 is 94.0 Å². The second kappa shape index (κ2) is 38.7. The van der Waals surface area contributed by atoms with Gasteiger partial charge in [-0.1, -0.05) is 78.9 Å². The number of likely N-dealkylation sites (tertiary alicyclic amines) is 2. The zero-order valence-electron chi connectivity index (χ0n) is 78.4. The van der Waals surface area contributed by atoms with E-state index in [1.165, 1.54) is 54.7 Å². The number of fused-ring (bicyclic) bond motifs is 8. The zero-order valence-corrected chi connectivity index (χ0v) is 78.4. The number of aromatic amines is 8. The number of nitrogen functional groups attached to an aromatic ring is 1. The number of hydrogen-bond acceptors (Lipinski definition) is 21. The predicted octanol–water partition coefficient (Wildman–Crippen LogP) is 22.0. The van der Waals surface area contributed by atoms with Crippen LogP contribution in [0.1, 0.15) is 41.5 Å². The van der Waals surface area contributed by atoms with Crippen LogP contribution in [-0.2, 0) is 26.2 Å². The van der Waals surface area contributed by atoms with Crippen LogP contribution in [0.25, 0.3) is 223 Å². The molecule has 16 aromatic heterocycles. The first-order valence-electron chi connectivity index (χ1n) is 47.1. The van der Waals surface area contributed by atoms with E-state index in [4.69, 9.17) is 25.7 Å². The topological polar surface area (TPSA) is 372 Å². The fourth-order valence-electron chi connectivity index (χ4n) is 18.9. The lowest BCUT2D eigenvalue weighted by molar-refractivity contribution is 0.172. The summed E-state index contributed by atoms with van der Waals surface area (Å²) in [5.41, 5.74) is 36.8. The minimum atomic E-state index is -0.288. The van der Waals surface area contributed by atoms with Gasteiger partial charge in [0.25, 0.3) is 0 Å². The molecule has 2 fully saturated rings. The zero-order chi connectivity index (χ0) is 97.6. The highest BCUT2D eigenvalue weighted by atomic mass is 19.1. The van der Waals surface area contributed by atoms with E-state index in [1.807, 2.05) is 203 Å². The van der Waals surface area contributed by atoms with Gasteiger partial charge >= 0.3 is 0 Å². The third kappa shape index (κ3) is 18.7. The molecule has 2 aliphatic rings. The summed E-state index contributed by atoms with van der Waals surface area (Å²) >= 11 is 0. The molecule has 18 heterocycles. The molecule has 144 heavy (non-hydrogen) atoms. The summed E-state index contributed by atoms with van der Waals surface area (Å²) in [6, 6.07) is 65.1. The Kier molecular flexibility index (Phi) is 24.2. The van der Waals surface area contributed by atoms with Crippen molar-refractivity contribution in [2.45, 2.75) is 45.4 Å². The first-order valence-corrected chi connectivity index (χ1v) is 47.1. The molecular formula is C111H91F4N29. The quantitative estimate of drug-likeness (QED) is 0.0320. The summed E-state index contributed by atoms with van der Waals surface area (Å²) < 4.78 is 56.8. The van der Waals surface area contributed by atoms with Gasteiger partial charge in [0.05, 0.1) is 71.4 Å². The highest BCUT2D eigenvalue weighted by molar-refractivity contribution is 6.03. The number of hydrogen-bond donors (Lipinski definition) is 9. The van der Waals surface area contributed by atoms with Crippen molar-refractivity contribution in [2.75, 3.05) is 60.1 Å². The molecule has 0 aliphatic carbocycles. The second-order valence-electron chi connectivity index (χ2n) is 36.6. The van der Waals surface area contributed by atoms with E-state index >= 15 is 0 Å². The van der Waals surface area contributed by atoms with Gasteiger partial charge in [0.2, 0.25) is 0 Å². The normalized spacial score (nSPS) is 12.9. The predicted molar refractivity (Wildman–Crippen MR) is 554 cm³/mol. The number of pyridine rings is 8. The Bertz CT molecular complexity index is 8930. The first kappa shape index (κ1) is 90.0. The summed E-state index contributed by atoms with van der Waals surface area (Å²) in [6.45, 7) is 7.71. The third-order valence-corrected chi connectivity index (χ3v) is 25.7. The van der Waals surface area contributed by atoms with Crippen molar-refractivity contribution in [3.63, 3.8) is 0 Å². The number of halogens is 4. The van der Waals surface area contributed by atoms with Gasteiger partial charge in [-0.25, -0.2) is 57.4 Å². The molecule has 2 saturated heterocycles. The van der Waals surface area contributed by atoms with Gasteiger partial charge < -0.3 is 35.5 Å².